The first-order valence-electron chi connectivity index (χ1n) is 8.90. The molecule has 0 saturated heterocycles. The third-order valence-corrected chi connectivity index (χ3v) is 7.91. The summed E-state index contributed by atoms with van der Waals surface area (Å²) in [4.78, 5) is 12.6. The lowest BCUT2D eigenvalue weighted by atomic mass is 10.2. The van der Waals surface area contributed by atoms with Crippen molar-refractivity contribution in [3.63, 3.8) is 0 Å². The first-order chi connectivity index (χ1) is 14.2. The van der Waals surface area contributed by atoms with Gasteiger partial charge in [0.1, 0.15) is 11.5 Å². The number of rotatable bonds is 7. The molecule has 1 atom stereocenters. The Bertz CT molecular complexity index is 1180. The highest BCUT2D eigenvalue weighted by molar-refractivity contribution is 7.68. The molecule has 2 aromatic carbocycles. The molecule has 1 unspecified atom stereocenters. The van der Waals surface area contributed by atoms with E-state index in [0.717, 1.165) is 28.0 Å². The van der Waals surface area contributed by atoms with E-state index >= 15 is 0 Å². The Morgan fingerprint density at radius 1 is 1.23 bits per heavy atom. The maximum Gasteiger partial charge on any atom is 0.348 e. The largest absolute Gasteiger partial charge is 0.477 e. The quantitative estimate of drug-likeness (QED) is 0.336. The van der Waals surface area contributed by atoms with E-state index in [2.05, 4.69) is 11.0 Å². The fourth-order valence-corrected chi connectivity index (χ4v) is 6.01. The number of halogens is 1. The van der Waals surface area contributed by atoms with Crippen molar-refractivity contribution in [3.05, 3.63) is 69.6 Å². The third-order valence-electron chi connectivity index (χ3n) is 4.32. The van der Waals surface area contributed by atoms with Gasteiger partial charge in [0.05, 0.1) is 11.0 Å². The van der Waals surface area contributed by atoms with E-state index in [1.807, 2.05) is 26.0 Å². The van der Waals surface area contributed by atoms with E-state index < -0.39 is 13.5 Å². The zero-order chi connectivity index (χ0) is 21.9. The van der Waals surface area contributed by atoms with Gasteiger partial charge in [0.2, 0.25) is 0 Å². The minimum Gasteiger partial charge on any atom is -0.477 e. The predicted molar refractivity (Wildman–Crippen MR) is 123 cm³/mol. The molecule has 0 bridgehead atoms. The minimum atomic E-state index is -3.69. The summed E-state index contributed by atoms with van der Waals surface area (Å²) < 4.78 is 19.4. The van der Waals surface area contributed by atoms with Crippen LogP contribution in [0.1, 0.15) is 20.8 Å². The van der Waals surface area contributed by atoms with E-state index in [9.17, 15) is 14.5 Å². The summed E-state index contributed by atoms with van der Waals surface area (Å²) in [6.07, 6.45) is 5.31. The maximum atomic E-state index is 13.8. The zero-order valence-corrected chi connectivity index (χ0v) is 18.8. The molecule has 0 amide bonds. The predicted octanol–water partition coefficient (Wildman–Crippen LogP) is 5.96. The normalized spacial score (nSPS) is 12.7. The van der Waals surface area contributed by atoms with Gasteiger partial charge in [0, 0.05) is 9.90 Å². The second-order valence-corrected chi connectivity index (χ2v) is 10.2. The van der Waals surface area contributed by atoms with Gasteiger partial charge in [-0.25, -0.2) is 4.79 Å². The number of carboxylic acid groups (broad SMARTS) is 1. The molecule has 8 heteroatoms. The average molecular weight is 460 g/mol. The van der Waals surface area contributed by atoms with Crippen LogP contribution >= 0.6 is 30.5 Å². The SMILES string of the molecule is C#CCOP(=O)(Nc1cc(-c2ccc(Cl)cc2)sc1C(=O)O)c1ccc(C)cc1C. The minimum absolute atomic E-state index is 0.0225. The number of carboxylic acids is 1. The van der Waals surface area contributed by atoms with Crippen LogP contribution in [-0.2, 0) is 9.09 Å². The third kappa shape index (κ3) is 4.77. The Balaban J connectivity index is 2.07. The van der Waals surface area contributed by atoms with E-state index in [4.69, 9.17) is 22.5 Å². The molecule has 1 heterocycles. The second-order valence-electron chi connectivity index (χ2n) is 6.60. The van der Waals surface area contributed by atoms with E-state index in [-0.39, 0.29) is 17.2 Å². The number of thiophene rings is 1. The van der Waals surface area contributed by atoms with Gasteiger partial charge in [-0.15, -0.1) is 17.8 Å². The number of nitrogens with one attached hydrogen (secondary N) is 1. The number of aryl methyl sites for hydroxylation is 2. The summed E-state index contributed by atoms with van der Waals surface area (Å²) in [6, 6.07) is 14.1. The van der Waals surface area contributed by atoms with Crippen LogP contribution in [0.2, 0.25) is 5.02 Å². The summed E-state index contributed by atoms with van der Waals surface area (Å²) in [6.45, 7) is 3.56. The van der Waals surface area contributed by atoms with Gasteiger partial charge in [0.15, 0.2) is 0 Å². The molecular formula is C22H19ClNO4PS. The van der Waals surface area contributed by atoms with Crippen LogP contribution in [0.5, 0.6) is 0 Å². The molecular weight excluding hydrogens is 441 g/mol. The van der Waals surface area contributed by atoms with Crippen LogP contribution in [0.4, 0.5) is 5.69 Å². The number of hydrogen-bond acceptors (Lipinski definition) is 4. The second kappa shape index (κ2) is 9.07. The number of hydrogen-bond donors (Lipinski definition) is 2. The van der Waals surface area contributed by atoms with Crippen LogP contribution in [-0.4, -0.2) is 17.7 Å². The van der Waals surface area contributed by atoms with Crippen molar-refractivity contribution in [2.45, 2.75) is 13.8 Å². The van der Waals surface area contributed by atoms with Crippen molar-refractivity contribution in [3.8, 4) is 22.8 Å². The highest BCUT2D eigenvalue weighted by atomic mass is 35.5. The molecule has 5 nitrogen and oxygen atoms in total. The number of carbonyl (C=O) groups is 1. The summed E-state index contributed by atoms with van der Waals surface area (Å²) in [7, 11) is -3.69. The summed E-state index contributed by atoms with van der Waals surface area (Å²) in [5.74, 6) is 1.19. The van der Waals surface area contributed by atoms with Gasteiger partial charge in [-0.3, -0.25) is 9.09 Å². The molecule has 1 aromatic heterocycles. The van der Waals surface area contributed by atoms with E-state index in [1.165, 1.54) is 0 Å². The van der Waals surface area contributed by atoms with Gasteiger partial charge >= 0.3 is 13.5 Å². The highest BCUT2D eigenvalue weighted by Gasteiger charge is 2.31. The lowest BCUT2D eigenvalue weighted by Crippen LogP contribution is -2.18. The lowest BCUT2D eigenvalue weighted by Gasteiger charge is -2.21. The smallest absolute Gasteiger partial charge is 0.348 e. The topological polar surface area (TPSA) is 75.6 Å². The van der Waals surface area contributed by atoms with Crippen LogP contribution in [0.3, 0.4) is 0 Å². The van der Waals surface area contributed by atoms with Crippen LogP contribution in [0, 0.1) is 26.2 Å². The number of benzene rings is 2. The van der Waals surface area contributed by atoms with E-state index in [0.29, 0.717) is 15.2 Å². The first kappa shape index (κ1) is 22.1. The highest BCUT2D eigenvalue weighted by Crippen LogP contribution is 2.49. The fraction of sp³-hybridized carbons (Fsp3) is 0.136. The van der Waals surface area contributed by atoms with Crippen molar-refractivity contribution >= 4 is 47.4 Å². The molecule has 154 valence electrons. The Morgan fingerprint density at radius 3 is 2.53 bits per heavy atom. The Kier molecular flexibility index (Phi) is 6.70. The van der Waals surface area contributed by atoms with Crippen molar-refractivity contribution in [2.75, 3.05) is 11.7 Å². The lowest BCUT2D eigenvalue weighted by molar-refractivity contribution is 0.0703. The van der Waals surface area contributed by atoms with Crippen LogP contribution in [0.25, 0.3) is 10.4 Å². The Labute approximate surface area is 184 Å². The standard InChI is InChI=1S/C22H19ClNO4PS/c1-4-11-28-29(27,19-10-5-14(2)12-15(19)3)24-18-13-20(30-21(18)22(25)26)16-6-8-17(23)9-7-16/h1,5-10,12-13H,11H2,2-3H3,(H,24,27)(H,25,26). The molecule has 0 fully saturated rings. The summed E-state index contributed by atoms with van der Waals surface area (Å²) in [5.41, 5.74) is 2.77. The molecule has 0 radical (unpaired) electrons. The van der Waals surface area contributed by atoms with Gasteiger partial charge in [0.25, 0.3) is 0 Å². The molecule has 2 N–H and O–H groups in total. The van der Waals surface area contributed by atoms with Gasteiger partial charge < -0.3 is 10.2 Å². The molecule has 3 aromatic rings. The zero-order valence-electron chi connectivity index (χ0n) is 16.3. The van der Waals surface area contributed by atoms with Gasteiger partial charge in [-0.2, -0.15) is 0 Å². The summed E-state index contributed by atoms with van der Waals surface area (Å²) >= 11 is 7.01. The molecule has 30 heavy (non-hydrogen) atoms. The Hall–Kier alpha value is -2.55. The number of aromatic carboxylic acids is 1. The van der Waals surface area contributed by atoms with Crippen molar-refractivity contribution in [1.29, 1.82) is 0 Å². The molecule has 3 rings (SSSR count). The monoisotopic (exact) mass is 459 g/mol. The van der Waals surface area contributed by atoms with E-state index in [1.54, 1.807) is 36.4 Å². The molecule has 0 saturated carbocycles. The van der Waals surface area contributed by atoms with Gasteiger partial charge in [-0.1, -0.05) is 47.4 Å². The molecule has 0 aliphatic heterocycles. The van der Waals surface area contributed by atoms with Gasteiger partial charge in [-0.05, 0) is 49.2 Å². The molecule has 0 aliphatic rings. The maximum absolute atomic E-state index is 13.8. The van der Waals surface area contributed by atoms with Crippen LogP contribution < -0.4 is 10.4 Å². The molecule has 0 spiro atoms. The Morgan fingerprint density at radius 2 is 1.93 bits per heavy atom. The number of anilines is 1. The van der Waals surface area contributed by atoms with Crippen molar-refractivity contribution in [2.24, 2.45) is 0 Å². The first-order valence-corrected chi connectivity index (χ1v) is 11.7. The number of terminal acetylenes is 1. The molecule has 0 aliphatic carbocycles. The average Bonchev–Trinajstić information content (AvgIpc) is 3.10. The summed E-state index contributed by atoms with van der Waals surface area (Å²) in [5, 5.41) is 13.6. The van der Waals surface area contributed by atoms with Crippen molar-refractivity contribution < 1.29 is 19.0 Å². The van der Waals surface area contributed by atoms with Crippen molar-refractivity contribution in [1.82, 2.24) is 0 Å². The van der Waals surface area contributed by atoms with Crippen LogP contribution in [0.15, 0.2) is 48.5 Å². The fourth-order valence-electron chi connectivity index (χ4n) is 2.97.